The summed E-state index contributed by atoms with van der Waals surface area (Å²) in [7, 11) is 1.58. The predicted octanol–water partition coefficient (Wildman–Crippen LogP) is 3.01. The molecule has 0 saturated heterocycles. The Morgan fingerprint density at radius 3 is 2.32 bits per heavy atom. The molecular weight excluding hydrogens is 276 g/mol. The summed E-state index contributed by atoms with van der Waals surface area (Å²) >= 11 is 0. The van der Waals surface area contributed by atoms with Gasteiger partial charge in [0, 0.05) is 24.4 Å². The van der Waals surface area contributed by atoms with Crippen molar-refractivity contribution in [3.8, 4) is 0 Å². The molecular formula is C18H18N2O2. The second-order valence-corrected chi connectivity index (χ2v) is 4.84. The molecule has 0 fully saturated rings. The Labute approximate surface area is 129 Å². The first kappa shape index (κ1) is 15.5. The van der Waals surface area contributed by atoms with Gasteiger partial charge in [-0.3, -0.25) is 9.59 Å². The monoisotopic (exact) mass is 294 g/mol. The first-order valence-electron chi connectivity index (χ1n) is 6.97. The fraction of sp³-hybridized carbons (Fsp3) is 0.111. The van der Waals surface area contributed by atoms with E-state index in [2.05, 4.69) is 10.6 Å². The minimum Gasteiger partial charge on any atom is -0.355 e. The van der Waals surface area contributed by atoms with Crippen molar-refractivity contribution in [1.29, 1.82) is 0 Å². The summed E-state index contributed by atoms with van der Waals surface area (Å²) in [4.78, 5) is 23.3. The highest BCUT2D eigenvalue weighted by molar-refractivity contribution is 6.02. The van der Waals surface area contributed by atoms with Crippen molar-refractivity contribution in [2.24, 2.45) is 0 Å². The minimum absolute atomic E-state index is 0.155. The Morgan fingerprint density at radius 1 is 1.00 bits per heavy atom. The number of amides is 2. The molecule has 4 heteroatoms. The average Bonchev–Trinajstić information content (AvgIpc) is 2.54. The lowest BCUT2D eigenvalue weighted by molar-refractivity contribution is -0.111. The summed E-state index contributed by atoms with van der Waals surface area (Å²) in [5.41, 5.74) is 3.32. The van der Waals surface area contributed by atoms with Gasteiger partial charge in [-0.25, -0.2) is 0 Å². The Bertz CT molecular complexity index is 703. The maximum absolute atomic E-state index is 11.9. The molecule has 0 atom stereocenters. The van der Waals surface area contributed by atoms with Crippen LogP contribution in [-0.2, 0) is 4.79 Å². The number of rotatable bonds is 4. The Balaban J connectivity index is 2.00. The number of carbonyl (C=O) groups excluding carboxylic acids is 2. The van der Waals surface area contributed by atoms with E-state index in [0.29, 0.717) is 11.3 Å². The van der Waals surface area contributed by atoms with E-state index in [4.69, 9.17) is 0 Å². The molecule has 0 radical (unpaired) electrons. The second-order valence-electron chi connectivity index (χ2n) is 4.84. The van der Waals surface area contributed by atoms with Crippen LogP contribution in [0.15, 0.2) is 54.6 Å². The first-order valence-corrected chi connectivity index (χ1v) is 6.97. The fourth-order valence-electron chi connectivity index (χ4n) is 1.97. The topological polar surface area (TPSA) is 58.2 Å². The second kappa shape index (κ2) is 7.22. The van der Waals surface area contributed by atoms with Crippen LogP contribution in [0.4, 0.5) is 5.69 Å². The molecule has 0 heterocycles. The normalized spacial score (nSPS) is 10.5. The molecule has 2 aromatic carbocycles. The predicted molar refractivity (Wildman–Crippen MR) is 88.7 cm³/mol. The lowest BCUT2D eigenvalue weighted by Gasteiger charge is -2.04. The van der Waals surface area contributed by atoms with Crippen molar-refractivity contribution < 1.29 is 9.59 Å². The van der Waals surface area contributed by atoms with Crippen molar-refractivity contribution in [2.45, 2.75) is 6.92 Å². The highest BCUT2D eigenvalue weighted by Gasteiger charge is 2.03. The molecule has 0 saturated carbocycles. The molecule has 0 aliphatic heterocycles. The van der Waals surface area contributed by atoms with Crippen LogP contribution < -0.4 is 10.6 Å². The molecule has 0 aromatic heterocycles. The van der Waals surface area contributed by atoms with Crippen molar-refractivity contribution >= 4 is 23.6 Å². The molecule has 0 bridgehead atoms. The van der Waals surface area contributed by atoms with Gasteiger partial charge in [-0.1, -0.05) is 24.3 Å². The van der Waals surface area contributed by atoms with E-state index in [9.17, 15) is 9.59 Å². The van der Waals surface area contributed by atoms with Gasteiger partial charge in [0.05, 0.1) is 0 Å². The van der Waals surface area contributed by atoms with Gasteiger partial charge in [0.15, 0.2) is 0 Å². The zero-order chi connectivity index (χ0) is 15.9. The van der Waals surface area contributed by atoms with Gasteiger partial charge in [0.25, 0.3) is 5.91 Å². The highest BCUT2D eigenvalue weighted by Crippen LogP contribution is 2.11. The van der Waals surface area contributed by atoms with E-state index in [1.54, 1.807) is 37.4 Å². The summed E-state index contributed by atoms with van der Waals surface area (Å²) in [6.07, 6.45) is 3.28. The first-order chi connectivity index (χ1) is 10.6. The van der Waals surface area contributed by atoms with E-state index in [1.807, 2.05) is 31.2 Å². The number of benzene rings is 2. The van der Waals surface area contributed by atoms with Gasteiger partial charge in [0.1, 0.15) is 0 Å². The SMILES string of the molecule is CNC(=O)c1ccc(NC(=O)/C=C/c2ccccc2C)cc1. The van der Waals surface area contributed by atoms with Crippen LogP contribution in [0.3, 0.4) is 0 Å². The van der Waals surface area contributed by atoms with Crippen molar-refractivity contribution in [2.75, 3.05) is 12.4 Å². The standard InChI is InChI=1S/C18H18N2O2/c1-13-5-3-4-6-14(13)9-12-17(21)20-16-10-7-15(8-11-16)18(22)19-2/h3-12H,1-2H3,(H,19,22)(H,20,21)/b12-9+. The smallest absolute Gasteiger partial charge is 0.251 e. The number of carbonyl (C=O) groups is 2. The Hall–Kier alpha value is -2.88. The van der Waals surface area contributed by atoms with E-state index in [-0.39, 0.29) is 11.8 Å². The van der Waals surface area contributed by atoms with Gasteiger partial charge >= 0.3 is 0 Å². The number of nitrogens with one attached hydrogen (secondary N) is 2. The zero-order valence-electron chi connectivity index (χ0n) is 12.6. The Kier molecular flexibility index (Phi) is 5.09. The molecule has 0 spiro atoms. The minimum atomic E-state index is -0.212. The highest BCUT2D eigenvalue weighted by atomic mass is 16.2. The summed E-state index contributed by atoms with van der Waals surface area (Å²) in [6.45, 7) is 2.00. The van der Waals surface area contributed by atoms with E-state index >= 15 is 0 Å². The molecule has 22 heavy (non-hydrogen) atoms. The van der Waals surface area contributed by atoms with Crippen LogP contribution in [0.1, 0.15) is 21.5 Å². The van der Waals surface area contributed by atoms with Gasteiger partial charge in [-0.15, -0.1) is 0 Å². The Morgan fingerprint density at radius 2 is 1.68 bits per heavy atom. The summed E-state index contributed by atoms with van der Waals surface area (Å²) in [5.74, 6) is -0.367. The molecule has 112 valence electrons. The quantitative estimate of drug-likeness (QED) is 0.852. The third-order valence-corrected chi connectivity index (χ3v) is 3.24. The van der Waals surface area contributed by atoms with Gasteiger partial charge < -0.3 is 10.6 Å². The molecule has 2 aromatic rings. The van der Waals surface area contributed by atoms with Gasteiger partial charge in [-0.2, -0.15) is 0 Å². The number of hydrogen-bond acceptors (Lipinski definition) is 2. The third kappa shape index (κ3) is 4.06. The van der Waals surface area contributed by atoms with E-state index in [1.165, 1.54) is 6.08 Å². The van der Waals surface area contributed by atoms with E-state index < -0.39 is 0 Å². The van der Waals surface area contributed by atoms with Gasteiger partial charge in [-0.05, 0) is 48.4 Å². The lowest BCUT2D eigenvalue weighted by atomic mass is 10.1. The summed E-state index contributed by atoms with van der Waals surface area (Å²) in [5, 5.41) is 5.31. The third-order valence-electron chi connectivity index (χ3n) is 3.24. The van der Waals surface area contributed by atoms with Crippen LogP contribution in [-0.4, -0.2) is 18.9 Å². The van der Waals surface area contributed by atoms with E-state index in [0.717, 1.165) is 11.1 Å². The molecule has 2 N–H and O–H groups in total. The lowest BCUT2D eigenvalue weighted by Crippen LogP contribution is -2.17. The molecule has 2 amide bonds. The maximum atomic E-state index is 11.9. The number of hydrogen-bond donors (Lipinski definition) is 2. The van der Waals surface area contributed by atoms with Crippen LogP contribution in [0.2, 0.25) is 0 Å². The van der Waals surface area contributed by atoms with Crippen molar-refractivity contribution in [3.63, 3.8) is 0 Å². The average molecular weight is 294 g/mol. The largest absolute Gasteiger partial charge is 0.355 e. The van der Waals surface area contributed by atoms with Crippen LogP contribution >= 0.6 is 0 Å². The molecule has 0 unspecified atom stereocenters. The summed E-state index contributed by atoms with van der Waals surface area (Å²) < 4.78 is 0. The maximum Gasteiger partial charge on any atom is 0.251 e. The number of anilines is 1. The number of aryl methyl sites for hydroxylation is 1. The fourth-order valence-corrected chi connectivity index (χ4v) is 1.97. The molecule has 0 aliphatic carbocycles. The van der Waals surface area contributed by atoms with Crippen LogP contribution in [0.5, 0.6) is 0 Å². The van der Waals surface area contributed by atoms with Gasteiger partial charge in [0.2, 0.25) is 5.91 Å². The van der Waals surface area contributed by atoms with Crippen LogP contribution in [0, 0.1) is 6.92 Å². The summed E-state index contributed by atoms with van der Waals surface area (Å²) in [6, 6.07) is 14.6. The van der Waals surface area contributed by atoms with Crippen LogP contribution in [0.25, 0.3) is 6.08 Å². The molecule has 2 rings (SSSR count). The van der Waals surface area contributed by atoms with Crippen molar-refractivity contribution in [1.82, 2.24) is 5.32 Å². The zero-order valence-corrected chi connectivity index (χ0v) is 12.6. The van der Waals surface area contributed by atoms with Crippen molar-refractivity contribution in [3.05, 3.63) is 71.3 Å². The molecule has 0 aliphatic rings. The molecule has 4 nitrogen and oxygen atoms in total.